The summed E-state index contributed by atoms with van der Waals surface area (Å²) in [6.07, 6.45) is 7.00. The fourth-order valence-electron chi connectivity index (χ4n) is 0.947. The molecule has 1 atom stereocenters. The van der Waals surface area contributed by atoms with Gasteiger partial charge in [0.15, 0.2) is 0 Å². The van der Waals surface area contributed by atoms with E-state index in [1.165, 1.54) is 32.1 Å². The molecule has 0 heterocycles. The van der Waals surface area contributed by atoms with E-state index in [4.69, 9.17) is 0 Å². The summed E-state index contributed by atoms with van der Waals surface area (Å²) in [5.74, 6) is 0.955. The highest BCUT2D eigenvalue weighted by atomic mass is 14.0. The Bertz CT molecular complexity index is 48.0. The van der Waals surface area contributed by atoms with E-state index in [9.17, 15) is 0 Å². The van der Waals surface area contributed by atoms with Gasteiger partial charge in [0, 0.05) is 0 Å². The molecule has 0 bridgehead atoms. The quantitative estimate of drug-likeness (QED) is 0.511. The van der Waals surface area contributed by atoms with E-state index >= 15 is 0 Å². The van der Waals surface area contributed by atoms with Gasteiger partial charge >= 0.3 is 0 Å². The molecule has 0 aliphatic rings. The van der Waals surface area contributed by atoms with E-state index in [1.807, 2.05) is 13.8 Å². The van der Waals surface area contributed by atoms with Crippen LogP contribution in [0.2, 0.25) is 0 Å². The summed E-state index contributed by atoms with van der Waals surface area (Å²) in [4.78, 5) is 0. The van der Waals surface area contributed by atoms with Gasteiger partial charge in [-0.15, -0.1) is 0 Å². The third-order valence-corrected chi connectivity index (χ3v) is 2.00. The molecule has 0 aliphatic heterocycles. The van der Waals surface area contributed by atoms with Crippen molar-refractivity contribution in [3.05, 3.63) is 0 Å². The minimum Gasteiger partial charge on any atom is -0.0683 e. The maximum absolute atomic E-state index is 2.34. The van der Waals surface area contributed by atoms with Crippen molar-refractivity contribution in [3.63, 3.8) is 0 Å². The highest BCUT2D eigenvalue weighted by molar-refractivity contribution is 4.49. The average Bonchev–Trinajstić information content (AvgIpc) is 2.08. The van der Waals surface area contributed by atoms with Gasteiger partial charge in [-0.05, 0) is 5.92 Å². The normalized spacial score (nSPS) is 11.7. The maximum Gasteiger partial charge on any atom is -0.0445 e. The average molecular weight is 158 g/mol. The van der Waals surface area contributed by atoms with Gasteiger partial charge in [0.2, 0.25) is 0 Å². The molecular weight excluding hydrogens is 132 g/mol. The van der Waals surface area contributed by atoms with Crippen LogP contribution in [0.5, 0.6) is 0 Å². The summed E-state index contributed by atoms with van der Waals surface area (Å²) in [5, 5.41) is 0. The second kappa shape index (κ2) is 12.7. The minimum atomic E-state index is 0.955. The lowest BCUT2D eigenvalue weighted by Gasteiger charge is -2.05. The number of rotatable bonds is 5. The van der Waals surface area contributed by atoms with Gasteiger partial charge in [0.05, 0.1) is 0 Å². The fraction of sp³-hybridized carbons (Fsp3) is 1.00. The standard InChI is InChI=1S/C9H20.C2H6/c1-4-6-7-8-9(3)5-2;1-2/h9H,4-8H2,1-3H3;1-2H3/t9-;/m1./s1. The molecule has 0 radical (unpaired) electrons. The van der Waals surface area contributed by atoms with Crippen molar-refractivity contribution in [2.75, 3.05) is 0 Å². The SMILES string of the molecule is CC.CCCCC[C@H](C)CC. The highest BCUT2D eigenvalue weighted by Crippen LogP contribution is 2.11. The van der Waals surface area contributed by atoms with Gasteiger partial charge in [-0.2, -0.15) is 0 Å². The summed E-state index contributed by atoms with van der Waals surface area (Å²) in [6, 6.07) is 0. The van der Waals surface area contributed by atoms with Crippen molar-refractivity contribution in [2.24, 2.45) is 5.92 Å². The first kappa shape index (κ1) is 13.6. The monoisotopic (exact) mass is 158 g/mol. The lowest BCUT2D eigenvalue weighted by atomic mass is 10.0. The molecule has 70 valence electrons. The van der Waals surface area contributed by atoms with Crippen LogP contribution in [-0.2, 0) is 0 Å². The summed E-state index contributed by atoms with van der Waals surface area (Å²) < 4.78 is 0. The van der Waals surface area contributed by atoms with Crippen LogP contribution >= 0.6 is 0 Å². The van der Waals surface area contributed by atoms with Crippen molar-refractivity contribution >= 4 is 0 Å². The van der Waals surface area contributed by atoms with Crippen LogP contribution in [0.1, 0.15) is 66.7 Å². The van der Waals surface area contributed by atoms with Crippen LogP contribution in [0.4, 0.5) is 0 Å². The zero-order chi connectivity index (χ0) is 9.11. The van der Waals surface area contributed by atoms with Gasteiger partial charge in [0.25, 0.3) is 0 Å². The highest BCUT2D eigenvalue weighted by Gasteiger charge is 1.95. The second-order valence-electron chi connectivity index (χ2n) is 3.01. The van der Waals surface area contributed by atoms with E-state index in [0.29, 0.717) is 0 Å². The van der Waals surface area contributed by atoms with Crippen LogP contribution in [0, 0.1) is 5.92 Å². The molecule has 0 aromatic heterocycles. The maximum atomic E-state index is 2.34. The van der Waals surface area contributed by atoms with Gasteiger partial charge in [-0.1, -0.05) is 66.7 Å². The third-order valence-electron chi connectivity index (χ3n) is 2.00. The molecular formula is C11H26. The lowest BCUT2D eigenvalue weighted by molar-refractivity contribution is 0.482. The molecule has 0 saturated carbocycles. The predicted molar refractivity (Wildman–Crippen MR) is 54.9 cm³/mol. The number of unbranched alkanes of at least 4 members (excludes halogenated alkanes) is 2. The van der Waals surface area contributed by atoms with E-state index < -0.39 is 0 Å². The number of hydrogen-bond donors (Lipinski definition) is 0. The van der Waals surface area contributed by atoms with Crippen molar-refractivity contribution in [3.8, 4) is 0 Å². The van der Waals surface area contributed by atoms with Crippen molar-refractivity contribution < 1.29 is 0 Å². The van der Waals surface area contributed by atoms with Gasteiger partial charge in [-0.3, -0.25) is 0 Å². The van der Waals surface area contributed by atoms with E-state index in [0.717, 1.165) is 5.92 Å². The first-order valence-electron chi connectivity index (χ1n) is 5.31. The first-order valence-corrected chi connectivity index (χ1v) is 5.31. The Balaban J connectivity index is 0. The van der Waals surface area contributed by atoms with Crippen molar-refractivity contribution in [1.29, 1.82) is 0 Å². The minimum absolute atomic E-state index is 0.955. The second-order valence-corrected chi connectivity index (χ2v) is 3.01. The molecule has 0 N–H and O–H groups in total. The Hall–Kier alpha value is 0. The molecule has 0 aromatic carbocycles. The van der Waals surface area contributed by atoms with E-state index in [-0.39, 0.29) is 0 Å². The Morgan fingerprint density at radius 3 is 1.91 bits per heavy atom. The smallest absolute Gasteiger partial charge is 0.0445 e. The molecule has 0 amide bonds. The summed E-state index contributed by atoms with van der Waals surface area (Å²) in [7, 11) is 0. The topological polar surface area (TPSA) is 0 Å². The van der Waals surface area contributed by atoms with E-state index in [2.05, 4.69) is 20.8 Å². The largest absolute Gasteiger partial charge is 0.0683 e. The third kappa shape index (κ3) is 13.1. The van der Waals surface area contributed by atoms with Gasteiger partial charge in [0.1, 0.15) is 0 Å². The van der Waals surface area contributed by atoms with Crippen molar-refractivity contribution in [2.45, 2.75) is 66.7 Å². The molecule has 0 fully saturated rings. The van der Waals surface area contributed by atoms with Gasteiger partial charge < -0.3 is 0 Å². The molecule has 0 rings (SSSR count). The van der Waals surface area contributed by atoms with Crippen LogP contribution < -0.4 is 0 Å². The Kier molecular flexibility index (Phi) is 15.6. The molecule has 0 aromatic rings. The molecule has 0 spiro atoms. The number of hydrogen-bond acceptors (Lipinski definition) is 0. The molecule has 0 nitrogen and oxygen atoms in total. The Morgan fingerprint density at radius 2 is 1.55 bits per heavy atom. The zero-order valence-corrected chi connectivity index (χ0v) is 9.11. The fourth-order valence-corrected chi connectivity index (χ4v) is 0.947. The Labute approximate surface area is 73.4 Å². The van der Waals surface area contributed by atoms with Crippen LogP contribution in [0.25, 0.3) is 0 Å². The molecule has 0 heteroatoms. The first-order chi connectivity index (χ1) is 5.31. The molecule has 0 aliphatic carbocycles. The Morgan fingerprint density at radius 1 is 1.00 bits per heavy atom. The molecule has 0 unspecified atom stereocenters. The molecule has 11 heavy (non-hydrogen) atoms. The zero-order valence-electron chi connectivity index (χ0n) is 9.11. The predicted octanol–water partition coefficient (Wildman–Crippen LogP) is 4.64. The van der Waals surface area contributed by atoms with Crippen molar-refractivity contribution in [1.82, 2.24) is 0 Å². The van der Waals surface area contributed by atoms with Crippen LogP contribution in [-0.4, -0.2) is 0 Å². The summed E-state index contributed by atoms with van der Waals surface area (Å²) >= 11 is 0. The van der Waals surface area contributed by atoms with Crippen LogP contribution in [0.15, 0.2) is 0 Å². The summed E-state index contributed by atoms with van der Waals surface area (Å²) in [6.45, 7) is 10.9. The van der Waals surface area contributed by atoms with E-state index in [1.54, 1.807) is 0 Å². The van der Waals surface area contributed by atoms with Crippen LogP contribution in [0.3, 0.4) is 0 Å². The lowest BCUT2D eigenvalue weighted by Crippen LogP contribution is -1.90. The summed E-state index contributed by atoms with van der Waals surface area (Å²) in [5.41, 5.74) is 0. The molecule has 0 saturated heterocycles. The van der Waals surface area contributed by atoms with Gasteiger partial charge in [-0.25, -0.2) is 0 Å².